The molecule has 1 aromatic rings. The molecule has 0 radical (unpaired) electrons. The molecule has 0 saturated heterocycles. The summed E-state index contributed by atoms with van der Waals surface area (Å²) in [6.07, 6.45) is 4.00. The number of likely N-dealkylation sites (N-methyl/N-ethyl adjacent to an activating group) is 1. The number of pyridine rings is 1. The Morgan fingerprint density at radius 1 is 1.47 bits per heavy atom. The van der Waals surface area contributed by atoms with E-state index in [1.807, 2.05) is 43.9 Å². The molecule has 1 fully saturated rings. The first-order valence-electron chi connectivity index (χ1n) is 7.00. The molecule has 1 aliphatic rings. The fraction of sp³-hybridized carbons (Fsp3) is 0.600. The summed E-state index contributed by atoms with van der Waals surface area (Å²) in [6.45, 7) is 7.33. The van der Waals surface area contributed by atoms with Gasteiger partial charge in [-0.25, -0.2) is 0 Å². The van der Waals surface area contributed by atoms with E-state index in [1.54, 1.807) is 6.20 Å². The Hall–Kier alpha value is -1.42. The van der Waals surface area contributed by atoms with E-state index in [1.165, 1.54) is 0 Å². The van der Waals surface area contributed by atoms with E-state index >= 15 is 0 Å². The van der Waals surface area contributed by atoms with Crippen LogP contribution in [0.5, 0.6) is 0 Å². The minimum absolute atomic E-state index is 0.169. The van der Waals surface area contributed by atoms with Crippen LogP contribution in [0.25, 0.3) is 0 Å². The Bertz CT molecular complexity index is 426. The van der Waals surface area contributed by atoms with Crippen LogP contribution in [-0.2, 0) is 11.3 Å². The summed E-state index contributed by atoms with van der Waals surface area (Å²) in [6, 6.07) is 6.23. The van der Waals surface area contributed by atoms with Gasteiger partial charge in [-0.15, -0.1) is 0 Å². The van der Waals surface area contributed by atoms with Gasteiger partial charge in [-0.3, -0.25) is 9.78 Å². The van der Waals surface area contributed by atoms with Gasteiger partial charge in [0, 0.05) is 12.2 Å². The van der Waals surface area contributed by atoms with E-state index in [2.05, 4.69) is 10.3 Å². The molecule has 0 aromatic carbocycles. The second-order valence-corrected chi connectivity index (χ2v) is 5.64. The van der Waals surface area contributed by atoms with Gasteiger partial charge in [-0.05, 0) is 45.4 Å². The number of hydrogen-bond donors (Lipinski definition) is 1. The van der Waals surface area contributed by atoms with Gasteiger partial charge in [0.2, 0.25) is 5.91 Å². The topological polar surface area (TPSA) is 45.2 Å². The monoisotopic (exact) mass is 261 g/mol. The smallest absolute Gasteiger partial charge is 0.242 e. The molecule has 0 spiro atoms. The molecule has 1 N–H and O–H groups in total. The second-order valence-electron chi connectivity index (χ2n) is 5.64. The number of nitrogens with one attached hydrogen (secondary N) is 1. The highest BCUT2D eigenvalue weighted by atomic mass is 16.2. The third kappa shape index (κ3) is 3.53. The van der Waals surface area contributed by atoms with Crippen molar-refractivity contribution in [2.24, 2.45) is 0 Å². The van der Waals surface area contributed by atoms with Gasteiger partial charge in [0.15, 0.2) is 0 Å². The van der Waals surface area contributed by atoms with Crippen molar-refractivity contribution in [2.45, 2.75) is 51.7 Å². The molecule has 4 heteroatoms. The lowest BCUT2D eigenvalue weighted by atomic mass is 10.0. The van der Waals surface area contributed by atoms with Crippen molar-refractivity contribution in [3.05, 3.63) is 30.1 Å². The van der Waals surface area contributed by atoms with E-state index in [0.29, 0.717) is 12.6 Å². The summed E-state index contributed by atoms with van der Waals surface area (Å²) in [5.74, 6) is 0.169. The van der Waals surface area contributed by atoms with Gasteiger partial charge in [0.05, 0.1) is 17.8 Å². The van der Waals surface area contributed by atoms with Crippen LogP contribution in [0.15, 0.2) is 24.4 Å². The first-order chi connectivity index (χ1) is 9.04. The molecule has 1 aromatic heterocycles. The van der Waals surface area contributed by atoms with Gasteiger partial charge in [0.1, 0.15) is 0 Å². The van der Waals surface area contributed by atoms with E-state index in [-0.39, 0.29) is 5.91 Å². The SMILES string of the molecule is CCNC(C)(C)C(=O)N(Cc1ccccn1)C1CC1. The van der Waals surface area contributed by atoms with Crippen LogP contribution in [0.1, 0.15) is 39.3 Å². The lowest BCUT2D eigenvalue weighted by molar-refractivity contribution is -0.138. The molecule has 19 heavy (non-hydrogen) atoms. The Kier molecular flexibility index (Phi) is 4.20. The third-order valence-corrected chi connectivity index (χ3v) is 3.46. The van der Waals surface area contributed by atoms with E-state index < -0.39 is 5.54 Å². The van der Waals surface area contributed by atoms with Gasteiger partial charge >= 0.3 is 0 Å². The largest absolute Gasteiger partial charge is 0.332 e. The Morgan fingerprint density at radius 3 is 2.74 bits per heavy atom. The fourth-order valence-corrected chi connectivity index (χ4v) is 2.30. The number of carbonyl (C=O) groups is 1. The van der Waals surface area contributed by atoms with Gasteiger partial charge in [-0.1, -0.05) is 13.0 Å². The molecule has 0 unspecified atom stereocenters. The zero-order chi connectivity index (χ0) is 13.9. The first kappa shape index (κ1) is 14.0. The van der Waals surface area contributed by atoms with Crippen molar-refractivity contribution >= 4 is 5.91 Å². The molecule has 1 heterocycles. The Labute approximate surface area is 115 Å². The molecule has 4 nitrogen and oxygen atoms in total. The molecule has 2 rings (SSSR count). The van der Waals surface area contributed by atoms with Crippen molar-refractivity contribution < 1.29 is 4.79 Å². The summed E-state index contributed by atoms with van der Waals surface area (Å²) in [5.41, 5.74) is 0.446. The highest BCUT2D eigenvalue weighted by Gasteiger charge is 2.39. The number of rotatable bonds is 6. The zero-order valence-electron chi connectivity index (χ0n) is 12.0. The van der Waals surface area contributed by atoms with Crippen molar-refractivity contribution in [2.75, 3.05) is 6.54 Å². The van der Waals surface area contributed by atoms with Crippen LogP contribution in [0.4, 0.5) is 0 Å². The summed E-state index contributed by atoms with van der Waals surface area (Å²) >= 11 is 0. The number of nitrogens with zero attached hydrogens (tertiary/aromatic N) is 2. The molecule has 1 aliphatic carbocycles. The Balaban J connectivity index is 2.10. The third-order valence-electron chi connectivity index (χ3n) is 3.46. The predicted molar refractivity (Wildman–Crippen MR) is 75.6 cm³/mol. The van der Waals surface area contributed by atoms with E-state index in [4.69, 9.17) is 0 Å². The minimum atomic E-state index is -0.508. The summed E-state index contributed by atoms with van der Waals surface area (Å²) in [5, 5.41) is 3.26. The van der Waals surface area contributed by atoms with Crippen LogP contribution >= 0.6 is 0 Å². The molecule has 0 aliphatic heterocycles. The molecule has 104 valence electrons. The van der Waals surface area contributed by atoms with Crippen LogP contribution in [0.3, 0.4) is 0 Å². The minimum Gasteiger partial charge on any atom is -0.332 e. The second kappa shape index (κ2) is 5.70. The fourth-order valence-electron chi connectivity index (χ4n) is 2.30. The van der Waals surface area contributed by atoms with Gasteiger partial charge in [0.25, 0.3) is 0 Å². The molecular formula is C15H23N3O. The maximum Gasteiger partial charge on any atom is 0.242 e. The first-order valence-corrected chi connectivity index (χ1v) is 7.00. The molecular weight excluding hydrogens is 238 g/mol. The van der Waals surface area contributed by atoms with Crippen LogP contribution in [-0.4, -0.2) is 33.9 Å². The van der Waals surface area contributed by atoms with Crippen molar-refractivity contribution in [3.8, 4) is 0 Å². The predicted octanol–water partition coefficient (Wildman–Crippen LogP) is 1.96. The number of carbonyl (C=O) groups excluding carboxylic acids is 1. The summed E-state index contributed by atoms with van der Waals surface area (Å²) < 4.78 is 0. The van der Waals surface area contributed by atoms with Crippen LogP contribution in [0.2, 0.25) is 0 Å². The van der Waals surface area contributed by atoms with Gasteiger partial charge in [-0.2, -0.15) is 0 Å². The number of aromatic nitrogens is 1. The quantitative estimate of drug-likeness (QED) is 0.851. The summed E-state index contributed by atoms with van der Waals surface area (Å²) in [7, 11) is 0. The molecule has 0 bridgehead atoms. The van der Waals surface area contributed by atoms with Crippen molar-refractivity contribution in [1.29, 1.82) is 0 Å². The van der Waals surface area contributed by atoms with Crippen molar-refractivity contribution in [1.82, 2.24) is 15.2 Å². The lowest BCUT2D eigenvalue weighted by Crippen LogP contribution is -2.54. The molecule has 1 saturated carbocycles. The average molecular weight is 261 g/mol. The zero-order valence-corrected chi connectivity index (χ0v) is 12.0. The van der Waals surface area contributed by atoms with Crippen LogP contribution < -0.4 is 5.32 Å². The number of hydrogen-bond acceptors (Lipinski definition) is 3. The standard InChI is InChI=1S/C15H23N3O/c1-4-17-15(2,3)14(19)18(13-8-9-13)11-12-7-5-6-10-16-12/h5-7,10,13,17H,4,8-9,11H2,1-3H3. The Morgan fingerprint density at radius 2 is 2.21 bits per heavy atom. The lowest BCUT2D eigenvalue weighted by Gasteiger charge is -2.32. The average Bonchev–Trinajstić information content (AvgIpc) is 3.20. The van der Waals surface area contributed by atoms with Crippen LogP contribution in [0, 0.1) is 0 Å². The molecule has 0 atom stereocenters. The highest BCUT2D eigenvalue weighted by Crippen LogP contribution is 2.30. The van der Waals surface area contributed by atoms with Gasteiger partial charge < -0.3 is 10.2 Å². The number of amides is 1. The summed E-state index contributed by atoms with van der Waals surface area (Å²) in [4.78, 5) is 19.0. The van der Waals surface area contributed by atoms with E-state index in [0.717, 1.165) is 25.1 Å². The maximum absolute atomic E-state index is 12.7. The normalized spacial score (nSPS) is 15.3. The highest BCUT2D eigenvalue weighted by molar-refractivity contribution is 5.86. The van der Waals surface area contributed by atoms with E-state index in [9.17, 15) is 4.79 Å². The van der Waals surface area contributed by atoms with Crippen molar-refractivity contribution in [3.63, 3.8) is 0 Å². The maximum atomic E-state index is 12.7. The molecule has 1 amide bonds.